The van der Waals surface area contributed by atoms with Crippen LogP contribution in [0.3, 0.4) is 0 Å². The van der Waals surface area contributed by atoms with E-state index in [1.807, 2.05) is 24.6 Å². The minimum Gasteiger partial charge on any atom is -0.392 e. The van der Waals surface area contributed by atoms with Crippen LogP contribution in [0.25, 0.3) is 10.6 Å². The van der Waals surface area contributed by atoms with Gasteiger partial charge in [0.15, 0.2) is 5.69 Å². The lowest BCUT2D eigenvalue weighted by molar-refractivity contribution is -0.122. The predicted octanol–water partition coefficient (Wildman–Crippen LogP) is 0.496. The third-order valence-electron chi connectivity index (χ3n) is 4.45. The molecular formula is C18H25N5O3S. The first kappa shape index (κ1) is 19.5. The Morgan fingerprint density at radius 3 is 2.70 bits per heavy atom. The maximum atomic E-state index is 12.8. The molecule has 0 radical (unpaired) electrons. The molecule has 0 bridgehead atoms. The van der Waals surface area contributed by atoms with Crippen LogP contribution in [0.4, 0.5) is 0 Å². The van der Waals surface area contributed by atoms with Crippen LogP contribution in [0, 0.1) is 0 Å². The second-order valence-electron chi connectivity index (χ2n) is 6.80. The van der Waals surface area contributed by atoms with E-state index >= 15 is 0 Å². The Balaban J connectivity index is 1.79. The maximum absolute atomic E-state index is 12.8. The van der Waals surface area contributed by atoms with Crippen molar-refractivity contribution in [1.82, 2.24) is 24.9 Å². The van der Waals surface area contributed by atoms with Crippen molar-refractivity contribution in [2.45, 2.75) is 19.6 Å². The smallest absolute Gasteiger partial charge is 0.274 e. The van der Waals surface area contributed by atoms with E-state index in [2.05, 4.69) is 15.3 Å². The van der Waals surface area contributed by atoms with Crippen LogP contribution in [0.15, 0.2) is 23.6 Å². The van der Waals surface area contributed by atoms with Crippen molar-refractivity contribution in [3.05, 3.63) is 29.3 Å². The first-order valence-electron chi connectivity index (χ1n) is 8.98. The van der Waals surface area contributed by atoms with Crippen molar-refractivity contribution < 1.29 is 14.7 Å². The van der Waals surface area contributed by atoms with Crippen LogP contribution in [0.2, 0.25) is 0 Å². The van der Waals surface area contributed by atoms with Crippen LogP contribution in [-0.4, -0.2) is 82.4 Å². The van der Waals surface area contributed by atoms with Gasteiger partial charge in [-0.25, -0.2) is 0 Å². The van der Waals surface area contributed by atoms with Crippen LogP contribution in [-0.2, 0) is 11.3 Å². The van der Waals surface area contributed by atoms with E-state index in [-0.39, 0.29) is 24.9 Å². The van der Waals surface area contributed by atoms with E-state index in [0.717, 1.165) is 23.7 Å². The quantitative estimate of drug-likeness (QED) is 0.748. The zero-order chi connectivity index (χ0) is 19.4. The van der Waals surface area contributed by atoms with Crippen molar-refractivity contribution in [3.63, 3.8) is 0 Å². The third kappa shape index (κ3) is 4.94. The van der Waals surface area contributed by atoms with Crippen molar-refractivity contribution in [2.24, 2.45) is 0 Å². The number of hydrogen-bond acceptors (Lipinski definition) is 6. The van der Waals surface area contributed by atoms with Gasteiger partial charge in [0.2, 0.25) is 5.91 Å². The summed E-state index contributed by atoms with van der Waals surface area (Å²) in [7, 11) is 2.04. The second-order valence-corrected chi connectivity index (χ2v) is 7.75. The molecule has 3 heterocycles. The molecular weight excluding hydrogens is 366 g/mol. The van der Waals surface area contributed by atoms with E-state index in [0.29, 0.717) is 18.8 Å². The summed E-state index contributed by atoms with van der Waals surface area (Å²) < 4.78 is 1.56. The number of likely N-dealkylation sites (N-methyl/N-ethyl adjacent to an activating group) is 1. The number of piperazine rings is 1. The molecule has 0 spiro atoms. The number of carbonyl (C=O) groups excluding carboxylic acids is 2. The number of amides is 2. The summed E-state index contributed by atoms with van der Waals surface area (Å²) in [6.07, 6.45) is -0.613. The van der Waals surface area contributed by atoms with Crippen LogP contribution < -0.4 is 5.32 Å². The summed E-state index contributed by atoms with van der Waals surface area (Å²) in [5, 5.41) is 18.4. The SMILES string of the molecule is C[C@H](O)CNC(=O)Cn1nc(C(=O)N2CCN(C)CC2)cc1-c1cccs1. The van der Waals surface area contributed by atoms with Crippen molar-refractivity contribution >= 4 is 23.2 Å². The Kier molecular flexibility index (Phi) is 6.25. The number of aromatic nitrogens is 2. The van der Waals surface area contributed by atoms with Crippen LogP contribution >= 0.6 is 11.3 Å². The fraction of sp³-hybridized carbons (Fsp3) is 0.500. The van der Waals surface area contributed by atoms with E-state index in [1.165, 1.54) is 11.3 Å². The number of nitrogens with zero attached hydrogens (tertiary/aromatic N) is 4. The highest BCUT2D eigenvalue weighted by Gasteiger charge is 2.24. The molecule has 1 fully saturated rings. The first-order chi connectivity index (χ1) is 12.9. The topological polar surface area (TPSA) is 90.7 Å². The molecule has 2 amide bonds. The molecule has 8 nitrogen and oxygen atoms in total. The second kappa shape index (κ2) is 8.64. The van der Waals surface area contributed by atoms with E-state index < -0.39 is 6.10 Å². The monoisotopic (exact) mass is 391 g/mol. The Labute approximate surface area is 162 Å². The zero-order valence-corrected chi connectivity index (χ0v) is 16.4. The first-order valence-corrected chi connectivity index (χ1v) is 9.86. The van der Waals surface area contributed by atoms with Gasteiger partial charge >= 0.3 is 0 Å². The van der Waals surface area contributed by atoms with Gasteiger partial charge in [0.25, 0.3) is 5.91 Å². The minimum absolute atomic E-state index is 0.00400. The number of thiophene rings is 1. The highest BCUT2D eigenvalue weighted by molar-refractivity contribution is 7.13. The van der Waals surface area contributed by atoms with E-state index in [1.54, 1.807) is 22.6 Å². The molecule has 2 N–H and O–H groups in total. The molecule has 0 aromatic carbocycles. The fourth-order valence-corrected chi connectivity index (χ4v) is 3.64. The largest absolute Gasteiger partial charge is 0.392 e. The van der Waals surface area contributed by atoms with Gasteiger partial charge in [0.1, 0.15) is 6.54 Å². The van der Waals surface area contributed by atoms with Crippen molar-refractivity contribution in [2.75, 3.05) is 39.8 Å². The summed E-state index contributed by atoms with van der Waals surface area (Å²) in [4.78, 5) is 30.0. The van der Waals surface area contributed by atoms with Crippen molar-refractivity contribution in [3.8, 4) is 10.6 Å². The van der Waals surface area contributed by atoms with Gasteiger partial charge < -0.3 is 20.2 Å². The van der Waals surface area contributed by atoms with Crippen molar-refractivity contribution in [1.29, 1.82) is 0 Å². The van der Waals surface area contributed by atoms with Crippen LogP contribution in [0.5, 0.6) is 0 Å². The van der Waals surface area contributed by atoms with Gasteiger partial charge in [-0.15, -0.1) is 11.3 Å². The Morgan fingerprint density at radius 1 is 1.33 bits per heavy atom. The average Bonchev–Trinajstić information content (AvgIpc) is 3.29. The molecule has 2 aromatic rings. The van der Waals surface area contributed by atoms with E-state index in [9.17, 15) is 14.7 Å². The lowest BCUT2D eigenvalue weighted by Crippen LogP contribution is -2.47. The zero-order valence-electron chi connectivity index (χ0n) is 15.6. The predicted molar refractivity (Wildman–Crippen MR) is 104 cm³/mol. The van der Waals surface area contributed by atoms with Gasteiger partial charge in [-0.2, -0.15) is 5.10 Å². The Morgan fingerprint density at radius 2 is 2.07 bits per heavy atom. The molecule has 9 heteroatoms. The summed E-state index contributed by atoms with van der Waals surface area (Å²) in [5.41, 5.74) is 1.10. The molecule has 0 saturated carbocycles. The lowest BCUT2D eigenvalue weighted by Gasteiger charge is -2.31. The molecule has 3 rings (SSSR count). The molecule has 146 valence electrons. The summed E-state index contributed by atoms with van der Waals surface area (Å²) in [6, 6.07) is 5.62. The minimum atomic E-state index is -0.613. The van der Waals surface area contributed by atoms with E-state index in [4.69, 9.17) is 0 Å². The highest BCUT2D eigenvalue weighted by Crippen LogP contribution is 2.26. The molecule has 27 heavy (non-hydrogen) atoms. The van der Waals surface area contributed by atoms with Gasteiger partial charge in [-0.3, -0.25) is 14.3 Å². The third-order valence-corrected chi connectivity index (χ3v) is 5.34. The molecule has 1 saturated heterocycles. The summed E-state index contributed by atoms with van der Waals surface area (Å²) in [6.45, 7) is 4.81. The average molecular weight is 391 g/mol. The number of nitrogens with one attached hydrogen (secondary N) is 1. The molecule has 2 aromatic heterocycles. The molecule has 1 aliphatic heterocycles. The standard InChI is InChI=1S/C18H25N5O3S/c1-13(24)11-19-17(25)12-23-15(16-4-3-9-27-16)10-14(20-23)18(26)22-7-5-21(2)6-8-22/h3-4,9-10,13,24H,5-8,11-12H2,1-2H3,(H,19,25)/t13-/m0/s1. The Bertz CT molecular complexity index is 779. The molecule has 0 aliphatic carbocycles. The number of rotatable bonds is 6. The lowest BCUT2D eigenvalue weighted by atomic mass is 10.2. The molecule has 0 unspecified atom stereocenters. The highest BCUT2D eigenvalue weighted by atomic mass is 32.1. The number of aliphatic hydroxyl groups is 1. The van der Waals surface area contributed by atoms with Gasteiger partial charge in [0, 0.05) is 32.7 Å². The summed E-state index contributed by atoms with van der Waals surface area (Å²) >= 11 is 1.53. The van der Waals surface area contributed by atoms with Gasteiger partial charge in [0.05, 0.1) is 16.7 Å². The number of hydrogen-bond donors (Lipinski definition) is 2. The number of carbonyl (C=O) groups is 2. The molecule has 1 aliphatic rings. The van der Waals surface area contributed by atoms with Crippen LogP contribution in [0.1, 0.15) is 17.4 Å². The molecule has 1 atom stereocenters. The summed E-state index contributed by atoms with van der Waals surface area (Å²) in [5.74, 6) is -0.362. The normalized spacial score (nSPS) is 16.3. The maximum Gasteiger partial charge on any atom is 0.274 e. The Hall–Kier alpha value is -2.23. The van der Waals surface area contributed by atoms with Gasteiger partial charge in [-0.1, -0.05) is 6.07 Å². The van der Waals surface area contributed by atoms with Gasteiger partial charge in [-0.05, 0) is 31.5 Å². The number of aliphatic hydroxyl groups excluding tert-OH is 1. The fourth-order valence-electron chi connectivity index (χ4n) is 2.89.